The van der Waals surface area contributed by atoms with E-state index in [4.69, 9.17) is 4.98 Å². The predicted octanol–water partition coefficient (Wildman–Crippen LogP) is 2.86. The number of nitrogens with zero attached hydrogens (tertiary/aromatic N) is 5. The Bertz CT molecular complexity index is 1180. The number of carbonyl (C=O) groups excluding carboxylic acids is 1. The first-order valence-electron chi connectivity index (χ1n) is 10.0. The first-order valence-corrected chi connectivity index (χ1v) is 11.0. The predicted molar refractivity (Wildman–Crippen MR) is 113 cm³/mol. The fourth-order valence-electron chi connectivity index (χ4n) is 4.12. The molecule has 2 aliphatic rings. The fourth-order valence-corrected chi connectivity index (χ4v) is 5.25. The highest BCUT2D eigenvalue weighted by molar-refractivity contribution is 7.99. The van der Waals surface area contributed by atoms with E-state index in [1.165, 1.54) is 11.1 Å². The molecule has 1 aromatic carbocycles. The lowest BCUT2D eigenvalue weighted by molar-refractivity contribution is -0.130. The van der Waals surface area contributed by atoms with Crippen molar-refractivity contribution in [1.29, 1.82) is 0 Å². The monoisotopic (exact) mass is 409 g/mol. The molecule has 0 bridgehead atoms. The van der Waals surface area contributed by atoms with Crippen molar-refractivity contribution < 1.29 is 4.79 Å². The molecule has 0 N–H and O–H groups in total. The van der Waals surface area contributed by atoms with Crippen LogP contribution < -0.4 is 5.56 Å². The maximum atomic E-state index is 13.2. The number of benzene rings is 1. The van der Waals surface area contributed by atoms with Crippen LogP contribution >= 0.6 is 11.8 Å². The molecule has 3 aromatic rings. The number of aromatic nitrogens is 4. The van der Waals surface area contributed by atoms with Gasteiger partial charge in [0.25, 0.3) is 5.56 Å². The number of carbonyl (C=O) groups is 1. The van der Waals surface area contributed by atoms with Crippen molar-refractivity contribution in [3.63, 3.8) is 0 Å². The summed E-state index contributed by atoms with van der Waals surface area (Å²) in [5, 5.41) is 5.61. The molecule has 1 amide bonds. The van der Waals surface area contributed by atoms with Gasteiger partial charge in [-0.3, -0.25) is 14.2 Å². The highest BCUT2D eigenvalue weighted by Gasteiger charge is 2.31. The third-order valence-corrected chi connectivity index (χ3v) is 7.07. The largest absolute Gasteiger partial charge is 0.343 e. The molecule has 1 saturated heterocycles. The molecular formula is C21H23N5O2S. The van der Waals surface area contributed by atoms with Crippen LogP contribution in [0, 0.1) is 13.8 Å². The Morgan fingerprint density at radius 1 is 1.21 bits per heavy atom. The Morgan fingerprint density at radius 2 is 2.00 bits per heavy atom. The summed E-state index contributed by atoms with van der Waals surface area (Å²) in [4.78, 5) is 32.5. The minimum atomic E-state index is -0.141. The normalized spacial score (nSPS) is 18.6. The maximum Gasteiger partial charge on any atom is 0.265 e. The van der Waals surface area contributed by atoms with Crippen LogP contribution in [0.1, 0.15) is 36.4 Å². The van der Waals surface area contributed by atoms with E-state index in [-0.39, 0.29) is 17.5 Å². The second kappa shape index (κ2) is 7.02. The average molecular weight is 410 g/mol. The van der Waals surface area contributed by atoms with Crippen LogP contribution in [0.3, 0.4) is 0 Å². The molecule has 150 valence electrons. The van der Waals surface area contributed by atoms with Crippen LogP contribution in [-0.4, -0.2) is 49.0 Å². The molecule has 2 aliphatic heterocycles. The van der Waals surface area contributed by atoms with Crippen molar-refractivity contribution in [2.75, 3.05) is 18.8 Å². The summed E-state index contributed by atoms with van der Waals surface area (Å²) >= 11 is 1.54. The van der Waals surface area contributed by atoms with Gasteiger partial charge in [0, 0.05) is 25.3 Å². The molecule has 2 aromatic heterocycles. The highest BCUT2D eigenvalue weighted by Crippen LogP contribution is 2.34. The summed E-state index contributed by atoms with van der Waals surface area (Å²) in [5.74, 6) is 0.838. The zero-order valence-electron chi connectivity index (χ0n) is 16.6. The smallest absolute Gasteiger partial charge is 0.265 e. The number of hydrogen-bond acceptors (Lipinski definition) is 5. The van der Waals surface area contributed by atoms with Crippen molar-refractivity contribution in [2.24, 2.45) is 0 Å². The average Bonchev–Trinajstić information content (AvgIpc) is 3.44. The summed E-state index contributed by atoms with van der Waals surface area (Å²) in [7, 11) is 0. The second-order valence-corrected chi connectivity index (χ2v) is 8.88. The second-order valence-electron chi connectivity index (χ2n) is 7.89. The number of rotatable bonds is 3. The van der Waals surface area contributed by atoms with Crippen LogP contribution in [-0.2, 0) is 4.79 Å². The van der Waals surface area contributed by atoms with Crippen LogP contribution in [0.4, 0.5) is 0 Å². The first kappa shape index (κ1) is 18.4. The molecule has 4 heterocycles. The lowest BCUT2D eigenvalue weighted by Gasteiger charge is -2.19. The summed E-state index contributed by atoms with van der Waals surface area (Å²) in [6.07, 6.45) is 4.09. The van der Waals surface area contributed by atoms with E-state index in [0.717, 1.165) is 31.6 Å². The molecule has 0 aliphatic carbocycles. The molecule has 1 unspecified atom stereocenters. The van der Waals surface area contributed by atoms with Crippen LogP contribution in [0.5, 0.6) is 0 Å². The third-order valence-electron chi connectivity index (χ3n) is 5.97. The lowest BCUT2D eigenvalue weighted by Crippen LogP contribution is -2.32. The quantitative estimate of drug-likeness (QED) is 0.622. The topological polar surface area (TPSA) is 73.0 Å². The van der Waals surface area contributed by atoms with E-state index >= 15 is 0 Å². The molecule has 0 saturated carbocycles. The Labute approximate surface area is 172 Å². The van der Waals surface area contributed by atoms with Crippen LogP contribution in [0.15, 0.2) is 34.3 Å². The van der Waals surface area contributed by atoms with E-state index < -0.39 is 0 Å². The minimum absolute atomic E-state index is 0.107. The highest BCUT2D eigenvalue weighted by atomic mass is 32.2. The van der Waals surface area contributed by atoms with E-state index in [9.17, 15) is 9.59 Å². The Balaban J connectivity index is 1.53. The van der Waals surface area contributed by atoms with Gasteiger partial charge in [-0.25, -0.2) is 9.67 Å². The number of amides is 1. The van der Waals surface area contributed by atoms with Crippen molar-refractivity contribution in [1.82, 2.24) is 24.2 Å². The number of hydrogen-bond donors (Lipinski definition) is 0. The number of aryl methyl sites for hydroxylation is 2. The van der Waals surface area contributed by atoms with Crippen molar-refractivity contribution in [2.45, 2.75) is 44.3 Å². The molecule has 0 spiro atoms. The maximum absolute atomic E-state index is 13.2. The number of likely N-dealkylation sites (tertiary alicyclic amines) is 1. The third kappa shape index (κ3) is 3.06. The molecule has 5 rings (SSSR count). The van der Waals surface area contributed by atoms with Gasteiger partial charge in [0.2, 0.25) is 5.91 Å². The van der Waals surface area contributed by atoms with Crippen molar-refractivity contribution >= 4 is 28.7 Å². The van der Waals surface area contributed by atoms with Crippen LogP contribution in [0.25, 0.3) is 16.7 Å². The Hall–Kier alpha value is -2.61. The molecule has 1 fully saturated rings. The Kier molecular flexibility index (Phi) is 4.46. The summed E-state index contributed by atoms with van der Waals surface area (Å²) in [6, 6.07) is 5.95. The number of fused-ring (bicyclic) bond motifs is 2. The fraction of sp³-hybridized carbons (Fsp3) is 0.429. The van der Waals surface area contributed by atoms with Gasteiger partial charge in [0.1, 0.15) is 5.39 Å². The molecule has 1 atom stereocenters. The standard InChI is InChI=1S/C21H23N5O2S/c1-13-5-6-15(9-14(13)2)26-19-17(11-22-26)20(28)25-16(12-29-21(25)23-19)10-18(27)24-7-3-4-8-24/h5-6,9,11,16H,3-4,7-8,10,12H2,1-2H3. The van der Waals surface area contributed by atoms with Crippen LogP contribution in [0.2, 0.25) is 0 Å². The van der Waals surface area contributed by atoms with Gasteiger partial charge in [-0.2, -0.15) is 5.10 Å². The Morgan fingerprint density at radius 3 is 2.76 bits per heavy atom. The van der Waals surface area contributed by atoms with Gasteiger partial charge >= 0.3 is 0 Å². The van der Waals surface area contributed by atoms with E-state index in [1.807, 2.05) is 17.0 Å². The van der Waals surface area contributed by atoms with Gasteiger partial charge in [0.05, 0.1) is 17.9 Å². The molecule has 7 nitrogen and oxygen atoms in total. The van der Waals surface area contributed by atoms with E-state index in [0.29, 0.717) is 28.4 Å². The molecular weight excluding hydrogens is 386 g/mol. The van der Waals surface area contributed by atoms with Gasteiger partial charge < -0.3 is 4.90 Å². The van der Waals surface area contributed by atoms with E-state index in [1.54, 1.807) is 27.2 Å². The zero-order chi connectivity index (χ0) is 20.1. The minimum Gasteiger partial charge on any atom is -0.343 e. The lowest BCUT2D eigenvalue weighted by atomic mass is 10.1. The van der Waals surface area contributed by atoms with Gasteiger partial charge in [-0.05, 0) is 49.9 Å². The van der Waals surface area contributed by atoms with Crippen molar-refractivity contribution in [3.05, 3.63) is 45.9 Å². The van der Waals surface area contributed by atoms with Gasteiger partial charge in [-0.15, -0.1) is 0 Å². The first-order chi connectivity index (χ1) is 14.0. The molecule has 29 heavy (non-hydrogen) atoms. The number of thioether (sulfide) groups is 1. The van der Waals surface area contributed by atoms with Gasteiger partial charge in [-0.1, -0.05) is 17.8 Å². The molecule has 8 heteroatoms. The summed E-state index contributed by atoms with van der Waals surface area (Å²) in [5.41, 5.74) is 3.73. The van der Waals surface area contributed by atoms with Crippen molar-refractivity contribution in [3.8, 4) is 5.69 Å². The van der Waals surface area contributed by atoms with E-state index in [2.05, 4.69) is 25.0 Å². The zero-order valence-corrected chi connectivity index (χ0v) is 17.4. The summed E-state index contributed by atoms with van der Waals surface area (Å²) in [6.45, 7) is 5.79. The van der Waals surface area contributed by atoms with Gasteiger partial charge in [0.15, 0.2) is 10.8 Å². The SMILES string of the molecule is Cc1ccc(-n2ncc3c(=O)n4c(nc32)SCC4CC(=O)N2CCCC2)cc1C. The molecule has 0 radical (unpaired) electrons. The summed E-state index contributed by atoms with van der Waals surface area (Å²) < 4.78 is 3.43.